The standard InChI is InChI=1S/C23H25NO4S/c25-21(24-13-5-8-16-7-1-4-11-19(16)24)15-28-23(27)18-10-3-2-9-17(18)22(26)20-12-6-14-29-20/h2-3,6,9-10,12,14,16,19H,1,4-5,7-8,11,13,15H2/t16-,19+/m0/s1. The number of piperidine rings is 1. The number of benzene rings is 1. The largest absolute Gasteiger partial charge is 0.452 e. The van der Waals surface area contributed by atoms with Gasteiger partial charge in [0.2, 0.25) is 5.78 Å². The van der Waals surface area contributed by atoms with Gasteiger partial charge in [0, 0.05) is 18.2 Å². The highest BCUT2D eigenvalue weighted by Crippen LogP contribution is 2.35. The Labute approximate surface area is 174 Å². The lowest BCUT2D eigenvalue weighted by atomic mass is 9.78. The average molecular weight is 412 g/mol. The number of likely N-dealkylation sites (tertiary alicyclic amines) is 1. The lowest BCUT2D eigenvalue weighted by Gasteiger charge is -2.44. The predicted molar refractivity (Wildman–Crippen MR) is 111 cm³/mol. The maximum Gasteiger partial charge on any atom is 0.339 e. The third-order valence-electron chi connectivity index (χ3n) is 6.03. The Hall–Kier alpha value is -2.47. The molecule has 0 spiro atoms. The van der Waals surface area contributed by atoms with Crippen molar-refractivity contribution in [3.05, 3.63) is 57.8 Å². The fraction of sp³-hybridized carbons (Fsp3) is 0.435. The Morgan fingerprint density at radius 1 is 0.966 bits per heavy atom. The molecule has 29 heavy (non-hydrogen) atoms. The van der Waals surface area contributed by atoms with E-state index in [0.717, 1.165) is 25.8 Å². The molecule has 1 aromatic heterocycles. The summed E-state index contributed by atoms with van der Waals surface area (Å²) in [4.78, 5) is 40.6. The van der Waals surface area contributed by atoms with Gasteiger partial charge in [0.1, 0.15) is 0 Å². The summed E-state index contributed by atoms with van der Waals surface area (Å²) in [5, 5.41) is 1.82. The first-order valence-electron chi connectivity index (χ1n) is 10.3. The Morgan fingerprint density at radius 3 is 2.52 bits per heavy atom. The maximum absolute atomic E-state index is 12.8. The number of fused-ring (bicyclic) bond motifs is 1. The number of ether oxygens (including phenoxy) is 1. The summed E-state index contributed by atoms with van der Waals surface area (Å²) in [6, 6.07) is 10.4. The van der Waals surface area contributed by atoms with Gasteiger partial charge in [-0.1, -0.05) is 37.1 Å². The van der Waals surface area contributed by atoms with Crippen LogP contribution in [0, 0.1) is 5.92 Å². The molecule has 1 saturated carbocycles. The molecule has 1 saturated heterocycles. The van der Waals surface area contributed by atoms with Crippen molar-refractivity contribution >= 4 is 29.0 Å². The summed E-state index contributed by atoms with van der Waals surface area (Å²) in [6.45, 7) is 0.467. The van der Waals surface area contributed by atoms with Crippen LogP contribution in [0.2, 0.25) is 0 Å². The number of hydrogen-bond acceptors (Lipinski definition) is 5. The number of carbonyl (C=O) groups excluding carboxylic acids is 3. The van der Waals surface area contributed by atoms with Crippen LogP contribution in [0.25, 0.3) is 0 Å². The van der Waals surface area contributed by atoms with Crippen molar-refractivity contribution in [2.45, 2.75) is 44.6 Å². The van der Waals surface area contributed by atoms with Gasteiger partial charge in [-0.15, -0.1) is 11.3 Å². The van der Waals surface area contributed by atoms with E-state index < -0.39 is 5.97 Å². The number of thiophene rings is 1. The Balaban J connectivity index is 1.42. The first-order chi connectivity index (χ1) is 14.1. The Morgan fingerprint density at radius 2 is 1.72 bits per heavy atom. The van der Waals surface area contributed by atoms with Gasteiger partial charge in [0.15, 0.2) is 6.61 Å². The van der Waals surface area contributed by atoms with Crippen molar-refractivity contribution in [1.29, 1.82) is 0 Å². The van der Waals surface area contributed by atoms with Gasteiger partial charge in [-0.25, -0.2) is 4.79 Å². The quantitative estimate of drug-likeness (QED) is 0.543. The zero-order valence-corrected chi connectivity index (χ0v) is 17.2. The van der Waals surface area contributed by atoms with E-state index in [9.17, 15) is 14.4 Å². The van der Waals surface area contributed by atoms with Crippen molar-refractivity contribution in [3.8, 4) is 0 Å². The maximum atomic E-state index is 12.8. The molecule has 2 aliphatic rings. The second-order valence-electron chi connectivity index (χ2n) is 7.77. The number of nitrogens with zero attached hydrogens (tertiary/aromatic N) is 1. The number of esters is 1. The first kappa shape index (κ1) is 19.8. The van der Waals surface area contributed by atoms with E-state index in [-0.39, 0.29) is 29.9 Å². The van der Waals surface area contributed by atoms with Crippen LogP contribution in [0.15, 0.2) is 41.8 Å². The molecule has 6 heteroatoms. The van der Waals surface area contributed by atoms with Gasteiger partial charge >= 0.3 is 5.97 Å². The summed E-state index contributed by atoms with van der Waals surface area (Å²) in [7, 11) is 0. The molecule has 4 rings (SSSR count). The number of hydrogen-bond donors (Lipinski definition) is 0. The zero-order valence-electron chi connectivity index (χ0n) is 16.3. The molecule has 2 atom stereocenters. The minimum atomic E-state index is -0.629. The number of amides is 1. The first-order valence-corrected chi connectivity index (χ1v) is 11.2. The molecule has 5 nitrogen and oxygen atoms in total. The smallest absolute Gasteiger partial charge is 0.339 e. The molecular formula is C23H25NO4S. The van der Waals surface area contributed by atoms with E-state index in [1.165, 1.54) is 30.6 Å². The van der Waals surface area contributed by atoms with E-state index in [0.29, 0.717) is 16.4 Å². The zero-order chi connectivity index (χ0) is 20.2. The number of rotatable bonds is 5. The normalized spacial score (nSPS) is 21.3. The summed E-state index contributed by atoms with van der Waals surface area (Å²) in [5.41, 5.74) is 0.505. The molecule has 0 unspecified atom stereocenters. The van der Waals surface area contributed by atoms with Crippen LogP contribution >= 0.6 is 11.3 Å². The van der Waals surface area contributed by atoms with Crippen LogP contribution in [0.4, 0.5) is 0 Å². The molecule has 1 aliphatic carbocycles. The molecule has 2 heterocycles. The molecule has 0 radical (unpaired) electrons. The average Bonchev–Trinajstić information content (AvgIpc) is 3.31. The van der Waals surface area contributed by atoms with E-state index in [1.54, 1.807) is 36.4 Å². The Kier molecular flexibility index (Phi) is 6.09. The van der Waals surface area contributed by atoms with Gasteiger partial charge < -0.3 is 9.64 Å². The summed E-state index contributed by atoms with van der Waals surface area (Å²) < 4.78 is 5.35. The van der Waals surface area contributed by atoms with Gasteiger partial charge in [-0.2, -0.15) is 0 Å². The number of carbonyl (C=O) groups is 3. The summed E-state index contributed by atoms with van der Waals surface area (Å²) in [6.07, 6.45) is 6.83. The predicted octanol–water partition coefficient (Wildman–Crippen LogP) is 4.32. The topological polar surface area (TPSA) is 63.7 Å². The van der Waals surface area contributed by atoms with Crippen molar-refractivity contribution in [2.24, 2.45) is 5.92 Å². The molecule has 2 fully saturated rings. The molecule has 0 N–H and O–H groups in total. The minimum absolute atomic E-state index is 0.128. The molecule has 0 bridgehead atoms. The third-order valence-corrected chi connectivity index (χ3v) is 6.90. The lowest BCUT2D eigenvalue weighted by molar-refractivity contribution is -0.140. The van der Waals surface area contributed by atoms with Crippen molar-refractivity contribution in [1.82, 2.24) is 4.90 Å². The van der Waals surface area contributed by atoms with Gasteiger partial charge in [-0.05, 0) is 49.1 Å². The van der Waals surface area contributed by atoms with Crippen molar-refractivity contribution in [3.63, 3.8) is 0 Å². The van der Waals surface area contributed by atoms with Crippen LogP contribution in [0.3, 0.4) is 0 Å². The second kappa shape index (κ2) is 8.91. The van der Waals surface area contributed by atoms with Crippen molar-refractivity contribution < 1.29 is 19.1 Å². The van der Waals surface area contributed by atoms with Gasteiger partial charge in [0.05, 0.1) is 10.4 Å². The molecule has 152 valence electrons. The van der Waals surface area contributed by atoms with Crippen LogP contribution in [-0.4, -0.2) is 41.8 Å². The molecular weight excluding hydrogens is 386 g/mol. The van der Waals surface area contributed by atoms with Gasteiger partial charge in [0.25, 0.3) is 5.91 Å². The second-order valence-corrected chi connectivity index (χ2v) is 8.72. The highest BCUT2D eigenvalue weighted by atomic mass is 32.1. The van der Waals surface area contributed by atoms with E-state index in [2.05, 4.69) is 0 Å². The van der Waals surface area contributed by atoms with Crippen LogP contribution in [0.5, 0.6) is 0 Å². The number of ketones is 1. The molecule has 1 aliphatic heterocycles. The lowest BCUT2D eigenvalue weighted by Crippen LogP contribution is -2.50. The van der Waals surface area contributed by atoms with E-state index in [4.69, 9.17) is 4.74 Å². The van der Waals surface area contributed by atoms with Crippen LogP contribution in [0.1, 0.15) is 64.1 Å². The fourth-order valence-electron chi connectivity index (χ4n) is 4.62. The van der Waals surface area contributed by atoms with E-state index >= 15 is 0 Å². The highest BCUT2D eigenvalue weighted by Gasteiger charge is 2.36. The van der Waals surface area contributed by atoms with Crippen molar-refractivity contribution in [2.75, 3.05) is 13.2 Å². The van der Waals surface area contributed by atoms with Gasteiger partial charge in [-0.3, -0.25) is 9.59 Å². The highest BCUT2D eigenvalue weighted by molar-refractivity contribution is 7.12. The molecule has 1 amide bonds. The van der Waals surface area contributed by atoms with Crippen LogP contribution in [-0.2, 0) is 9.53 Å². The Bertz CT molecular complexity index is 890. The van der Waals surface area contributed by atoms with E-state index in [1.807, 2.05) is 10.3 Å². The molecule has 2 aromatic rings. The third kappa shape index (κ3) is 4.27. The monoisotopic (exact) mass is 411 g/mol. The SMILES string of the molecule is O=C(OCC(=O)N1CCC[C@@H]2CCCC[C@H]21)c1ccccc1C(=O)c1cccs1. The minimum Gasteiger partial charge on any atom is -0.452 e. The summed E-state index contributed by atoms with van der Waals surface area (Å²) >= 11 is 1.33. The van der Waals surface area contributed by atoms with Crippen LogP contribution < -0.4 is 0 Å². The fourth-order valence-corrected chi connectivity index (χ4v) is 5.30. The summed E-state index contributed by atoms with van der Waals surface area (Å²) in [5.74, 6) is -0.380. The molecule has 1 aromatic carbocycles.